The van der Waals surface area contributed by atoms with Crippen molar-refractivity contribution in [3.63, 3.8) is 0 Å². The van der Waals surface area contributed by atoms with Gasteiger partial charge in [0.2, 0.25) is 5.88 Å². The molecule has 181 valence electrons. The second kappa shape index (κ2) is 10.7. The van der Waals surface area contributed by atoms with Crippen molar-refractivity contribution in [2.24, 2.45) is 0 Å². The molecule has 0 saturated heterocycles. The molecule has 3 aromatic rings. The fourth-order valence-electron chi connectivity index (χ4n) is 3.46. The lowest BCUT2D eigenvalue weighted by Crippen LogP contribution is -2.22. The Balaban J connectivity index is 1.35. The molecule has 9 nitrogen and oxygen atoms in total. The van der Waals surface area contributed by atoms with Crippen molar-refractivity contribution >= 4 is 18.9 Å². The molecule has 1 aliphatic rings. The molecule has 0 N–H and O–H groups in total. The van der Waals surface area contributed by atoms with Gasteiger partial charge in [-0.15, -0.1) is 0 Å². The van der Waals surface area contributed by atoms with Crippen LogP contribution in [0.15, 0.2) is 48.8 Å². The first-order valence-corrected chi connectivity index (χ1v) is 15.5. The van der Waals surface area contributed by atoms with Crippen molar-refractivity contribution in [2.75, 3.05) is 19.5 Å². The van der Waals surface area contributed by atoms with E-state index in [0.29, 0.717) is 30.5 Å². The van der Waals surface area contributed by atoms with Crippen molar-refractivity contribution in [3.8, 4) is 28.6 Å². The summed E-state index contributed by atoms with van der Waals surface area (Å²) in [5.41, 5.74) is 2.81. The van der Waals surface area contributed by atoms with Crippen LogP contribution in [0.5, 0.6) is 17.4 Å². The summed E-state index contributed by atoms with van der Waals surface area (Å²) in [7, 11) is -3.80. The first-order valence-electron chi connectivity index (χ1n) is 10.9. The van der Waals surface area contributed by atoms with E-state index < -0.39 is 10.1 Å². The number of aromatic nitrogens is 3. The molecule has 1 aliphatic heterocycles. The van der Waals surface area contributed by atoms with Gasteiger partial charge in [-0.25, -0.2) is 9.67 Å². The molecule has 0 amide bonds. The maximum absolute atomic E-state index is 11.2. The third-order valence-corrected chi connectivity index (χ3v) is 6.95. The van der Waals surface area contributed by atoms with Crippen LogP contribution >= 0.6 is 0 Å². The van der Waals surface area contributed by atoms with Gasteiger partial charge in [0, 0.05) is 51.9 Å². The number of benzene rings is 1. The van der Waals surface area contributed by atoms with E-state index in [1.165, 1.54) is 0 Å². The largest absolute Gasteiger partial charge is 0.487 e. The van der Waals surface area contributed by atoms with Crippen molar-refractivity contribution in [3.05, 3.63) is 54.4 Å². The molecular formula is C23H28N3O6SSi. The maximum atomic E-state index is 11.2. The Morgan fingerprint density at radius 2 is 2.06 bits per heavy atom. The molecule has 1 atom stereocenters. The summed E-state index contributed by atoms with van der Waals surface area (Å²) in [5.74, 6) is 1.68. The molecule has 3 heterocycles. The number of nitrogens with zero attached hydrogens (tertiary/aromatic N) is 3. The summed E-state index contributed by atoms with van der Waals surface area (Å²) in [4.78, 5) is 4.43. The molecule has 1 aromatic carbocycles. The van der Waals surface area contributed by atoms with Crippen LogP contribution in [-0.2, 0) is 32.2 Å². The minimum absolute atomic E-state index is 0.0205. The first-order chi connectivity index (χ1) is 16.3. The average molecular weight is 503 g/mol. The van der Waals surface area contributed by atoms with E-state index >= 15 is 0 Å². The molecule has 11 heteroatoms. The van der Waals surface area contributed by atoms with Crippen molar-refractivity contribution < 1.29 is 26.8 Å². The van der Waals surface area contributed by atoms with Gasteiger partial charge in [0.25, 0.3) is 10.1 Å². The highest BCUT2D eigenvalue weighted by atomic mass is 32.2. The third kappa shape index (κ3) is 6.66. The highest BCUT2D eigenvalue weighted by molar-refractivity contribution is 7.85. The lowest BCUT2D eigenvalue weighted by atomic mass is 10.1. The van der Waals surface area contributed by atoms with Gasteiger partial charge in [-0.05, 0) is 29.8 Å². The average Bonchev–Trinajstić information content (AvgIpc) is 3.41. The standard InChI is InChI=1S/C23H28N3O6SSi/c1-33(27,28)30-15-20-12-17-4-6-19(13-22(17)31-20)32-23-7-5-18(14-24-23)21-8-9-25-26(21)16-29-10-11-34(2)3/h4-9,13-14,20H,10-12,15-16H2,1-3H3. The topological polar surface area (TPSA) is 102 Å². The molecule has 0 fully saturated rings. The van der Waals surface area contributed by atoms with Gasteiger partial charge < -0.3 is 14.2 Å². The SMILES string of the molecule is C[Si](C)CCOCn1nccc1-c1ccc(Oc2ccc3c(c2)OC(COS(C)(=O)=O)C3)nc1. The monoisotopic (exact) mass is 502 g/mol. The molecular weight excluding hydrogens is 474 g/mol. The van der Waals surface area contributed by atoms with Gasteiger partial charge in [0.15, 0.2) is 0 Å². The van der Waals surface area contributed by atoms with E-state index in [1.54, 1.807) is 24.5 Å². The molecule has 4 rings (SSSR count). The number of hydrogen-bond donors (Lipinski definition) is 0. The van der Waals surface area contributed by atoms with Gasteiger partial charge in [0.05, 0.1) is 11.9 Å². The number of rotatable bonds is 11. The van der Waals surface area contributed by atoms with E-state index in [2.05, 4.69) is 23.2 Å². The zero-order valence-corrected chi connectivity index (χ0v) is 21.2. The van der Waals surface area contributed by atoms with E-state index in [9.17, 15) is 8.42 Å². The molecule has 0 aliphatic carbocycles. The van der Waals surface area contributed by atoms with Gasteiger partial charge in [-0.2, -0.15) is 13.5 Å². The van der Waals surface area contributed by atoms with E-state index in [4.69, 9.17) is 18.4 Å². The number of ether oxygens (including phenoxy) is 3. The molecule has 0 bridgehead atoms. The van der Waals surface area contributed by atoms with Crippen LogP contribution in [0.3, 0.4) is 0 Å². The van der Waals surface area contributed by atoms with Crippen LogP contribution in [0.1, 0.15) is 5.56 Å². The van der Waals surface area contributed by atoms with Gasteiger partial charge in [-0.1, -0.05) is 19.2 Å². The summed E-state index contributed by atoms with van der Waals surface area (Å²) in [6, 6.07) is 12.3. The van der Waals surface area contributed by atoms with E-state index in [1.807, 2.05) is 28.9 Å². The fourth-order valence-corrected chi connectivity index (χ4v) is 4.41. The van der Waals surface area contributed by atoms with Crippen LogP contribution in [0.4, 0.5) is 0 Å². The third-order valence-electron chi connectivity index (χ3n) is 5.18. The van der Waals surface area contributed by atoms with Gasteiger partial charge >= 0.3 is 0 Å². The van der Waals surface area contributed by atoms with Crippen molar-refractivity contribution in [1.29, 1.82) is 0 Å². The normalized spacial score (nSPS) is 15.4. The summed E-state index contributed by atoms with van der Waals surface area (Å²) in [6.45, 7) is 5.66. The van der Waals surface area contributed by atoms with Crippen LogP contribution in [0.2, 0.25) is 19.1 Å². The van der Waals surface area contributed by atoms with E-state index in [0.717, 1.165) is 35.7 Å². The summed E-state index contributed by atoms with van der Waals surface area (Å²) in [5, 5.41) is 4.35. The van der Waals surface area contributed by atoms with Gasteiger partial charge in [0.1, 0.15) is 30.9 Å². The molecule has 0 spiro atoms. The predicted octanol–water partition coefficient (Wildman–Crippen LogP) is 3.75. The summed E-state index contributed by atoms with van der Waals surface area (Å²) < 4.78 is 46.5. The second-order valence-corrected chi connectivity index (χ2v) is 13.0. The Hall–Kier alpha value is -2.73. The Bertz CT molecular complexity index is 1210. The second-order valence-electron chi connectivity index (χ2n) is 8.40. The lowest BCUT2D eigenvalue weighted by Gasteiger charge is -2.11. The summed E-state index contributed by atoms with van der Waals surface area (Å²) >= 11 is 0. The lowest BCUT2D eigenvalue weighted by molar-refractivity contribution is 0.0801. The molecule has 2 aromatic heterocycles. The van der Waals surface area contributed by atoms with Crippen LogP contribution in [0.25, 0.3) is 11.3 Å². The van der Waals surface area contributed by atoms with Crippen molar-refractivity contribution in [1.82, 2.24) is 14.8 Å². The molecule has 1 unspecified atom stereocenters. The number of pyridine rings is 1. The zero-order valence-electron chi connectivity index (χ0n) is 19.4. The Morgan fingerprint density at radius 1 is 1.21 bits per heavy atom. The fraction of sp³-hybridized carbons (Fsp3) is 0.391. The quantitative estimate of drug-likeness (QED) is 0.222. The van der Waals surface area contributed by atoms with Crippen LogP contribution in [-0.4, -0.2) is 57.6 Å². The Labute approximate surface area is 201 Å². The molecule has 34 heavy (non-hydrogen) atoms. The summed E-state index contributed by atoms with van der Waals surface area (Å²) in [6.07, 6.45) is 4.74. The minimum Gasteiger partial charge on any atom is -0.487 e. The van der Waals surface area contributed by atoms with Crippen LogP contribution < -0.4 is 9.47 Å². The van der Waals surface area contributed by atoms with Gasteiger partial charge in [-0.3, -0.25) is 4.18 Å². The number of fused-ring (bicyclic) bond motifs is 1. The molecule has 1 radical (unpaired) electrons. The van der Waals surface area contributed by atoms with Crippen LogP contribution in [0, 0.1) is 0 Å². The number of hydrogen-bond acceptors (Lipinski definition) is 8. The molecule has 0 saturated carbocycles. The van der Waals surface area contributed by atoms with Crippen molar-refractivity contribution in [2.45, 2.75) is 38.4 Å². The highest BCUT2D eigenvalue weighted by Crippen LogP contribution is 2.34. The Morgan fingerprint density at radius 3 is 2.79 bits per heavy atom. The Kier molecular flexibility index (Phi) is 7.66. The first kappa shape index (κ1) is 24.4. The minimum atomic E-state index is -3.50. The zero-order chi connectivity index (χ0) is 24.1. The smallest absolute Gasteiger partial charge is 0.264 e. The maximum Gasteiger partial charge on any atom is 0.264 e. The highest BCUT2D eigenvalue weighted by Gasteiger charge is 2.25. The van der Waals surface area contributed by atoms with E-state index in [-0.39, 0.29) is 21.5 Å². The predicted molar refractivity (Wildman–Crippen MR) is 129 cm³/mol.